The molecule has 0 radical (unpaired) electrons. The highest BCUT2D eigenvalue weighted by molar-refractivity contribution is 7.99. The normalized spacial score (nSPS) is 11.4. The molecule has 1 amide bonds. The van der Waals surface area contributed by atoms with Crippen molar-refractivity contribution in [2.24, 2.45) is 7.05 Å². The van der Waals surface area contributed by atoms with Crippen molar-refractivity contribution in [1.82, 2.24) is 14.8 Å². The largest absolute Gasteiger partial charge is 0.461 e. The van der Waals surface area contributed by atoms with Gasteiger partial charge in [-0.25, -0.2) is 0 Å². The van der Waals surface area contributed by atoms with Gasteiger partial charge in [-0.3, -0.25) is 4.79 Å². The summed E-state index contributed by atoms with van der Waals surface area (Å²) in [6.07, 6.45) is 1.60. The molecule has 148 valence electrons. The van der Waals surface area contributed by atoms with Crippen molar-refractivity contribution in [2.45, 2.75) is 44.7 Å². The summed E-state index contributed by atoms with van der Waals surface area (Å²) >= 11 is 1.36. The predicted molar refractivity (Wildman–Crippen MR) is 113 cm³/mol. The fraction of sp³-hybridized carbons (Fsp3) is 0.381. The number of amides is 1. The van der Waals surface area contributed by atoms with Gasteiger partial charge in [0, 0.05) is 12.7 Å². The van der Waals surface area contributed by atoms with Gasteiger partial charge < -0.3 is 14.3 Å². The fourth-order valence-corrected chi connectivity index (χ4v) is 3.77. The standard InChI is InChI=1S/C21H26N4O2S/c1-13(2)15-8-6-9-16(14(3)4)19(15)22-18(26)12-28-21-24-23-20(25(21)5)17-10-7-11-27-17/h6-11,13-14H,12H2,1-5H3,(H,22,26). The number of aromatic nitrogens is 3. The molecule has 0 saturated carbocycles. The van der Waals surface area contributed by atoms with E-state index in [9.17, 15) is 4.79 Å². The summed E-state index contributed by atoms with van der Waals surface area (Å²) < 4.78 is 7.21. The van der Waals surface area contributed by atoms with Crippen LogP contribution < -0.4 is 5.32 Å². The fourth-order valence-electron chi connectivity index (χ4n) is 3.06. The van der Waals surface area contributed by atoms with Gasteiger partial charge in [0.05, 0.1) is 12.0 Å². The number of carbonyl (C=O) groups is 1. The quantitative estimate of drug-likeness (QED) is 0.564. The maximum atomic E-state index is 12.7. The summed E-state index contributed by atoms with van der Waals surface area (Å²) in [6.45, 7) is 8.55. The molecule has 1 N–H and O–H groups in total. The first-order valence-corrected chi connectivity index (χ1v) is 10.4. The lowest BCUT2D eigenvalue weighted by Crippen LogP contribution is -2.18. The Hall–Kier alpha value is -2.54. The number of hydrogen-bond acceptors (Lipinski definition) is 5. The van der Waals surface area contributed by atoms with E-state index in [0.29, 0.717) is 28.6 Å². The molecular formula is C21H26N4O2S. The smallest absolute Gasteiger partial charge is 0.234 e. The number of para-hydroxylation sites is 1. The van der Waals surface area contributed by atoms with Crippen molar-refractivity contribution in [3.63, 3.8) is 0 Å². The molecule has 7 heteroatoms. The van der Waals surface area contributed by atoms with Gasteiger partial charge in [-0.2, -0.15) is 0 Å². The average molecular weight is 399 g/mol. The van der Waals surface area contributed by atoms with Gasteiger partial charge >= 0.3 is 0 Å². The molecule has 0 bridgehead atoms. The van der Waals surface area contributed by atoms with Crippen molar-refractivity contribution in [2.75, 3.05) is 11.1 Å². The van der Waals surface area contributed by atoms with Gasteiger partial charge in [0.15, 0.2) is 16.7 Å². The monoisotopic (exact) mass is 398 g/mol. The maximum Gasteiger partial charge on any atom is 0.234 e. The van der Waals surface area contributed by atoms with Crippen LogP contribution in [0, 0.1) is 0 Å². The molecule has 0 atom stereocenters. The number of nitrogens with one attached hydrogen (secondary N) is 1. The van der Waals surface area contributed by atoms with E-state index in [2.05, 4.69) is 61.4 Å². The molecule has 0 aliphatic rings. The SMILES string of the molecule is CC(C)c1cccc(C(C)C)c1NC(=O)CSc1nnc(-c2ccco2)n1C. The number of hydrogen-bond donors (Lipinski definition) is 1. The first kappa shape index (κ1) is 20.2. The van der Waals surface area contributed by atoms with Crippen molar-refractivity contribution in [3.05, 3.63) is 47.7 Å². The second kappa shape index (κ2) is 8.65. The third-order valence-electron chi connectivity index (χ3n) is 4.55. The predicted octanol–water partition coefficient (Wildman–Crippen LogP) is 5.05. The number of carbonyl (C=O) groups excluding carboxylic acids is 1. The zero-order valence-corrected chi connectivity index (χ0v) is 17.7. The highest BCUT2D eigenvalue weighted by atomic mass is 32.2. The van der Waals surface area contributed by atoms with Gasteiger partial charge in [-0.1, -0.05) is 57.7 Å². The topological polar surface area (TPSA) is 73.0 Å². The average Bonchev–Trinajstić information content (AvgIpc) is 3.29. The van der Waals surface area contributed by atoms with E-state index in [1.54, 1.807) is 6.26 Å². The van der Waals surface area contributed by atoms with Gasteiger partial charge in [-0.15, -0.1) is 10.2 Å². The van der Waals surface area contributed by atoms with E-state index in [1.165, 1.54) is 11.8 Å². The number of anilines is 1. The number of rotatable bonds is 7. The molecule has 6 nitrogen and oxygen atoms in total. The zero-order chi connectivity index (χ0) is 20.3. The molecule has 2 heterocycles. The molecule has 0 aliphatic carbocycles. The van der Waals surface area contributed by atoms with E-state index >= 15 is 0 Å². The first-order chi connectivity index (χ1) is 13.4. The van der Waals surface area contributed by atoms with Crippen LogP contribution in [-0.4, -0.2) is 26.4 Å². The lowest BCUT2D eigenvalue weighted by atomic mass is 9.92. The van der Waals surface area contributed by atoms with Crippen molar-refractivity contribution < 1.29 is 9.21 Å². The Balaban J connectivity index is 1.72. The molecule has 0 fully saturated rings. The van der Waals surface area contributed by atoms with Crippen LogP contribution in [0.4, 0.5) is 5.69 Å². The molecule has 3 rings (SSSR count). The van der Waals surface area contributed by atoms with Crippen molar-refractivity contribution >= 4 is 23.4 Å². The number of nitrogens with zero attached hydrogens (tertiary/aromatic N) is 3. The third kappa shape index (κ3) is 4.30. The van der Waals surface area contributed by atoms with Gasteiger partial charge in [0.1, 0.15) is 0 Å². The second-order valence-corrected chi connectivity index (χ2v) is 8.24. The summed E-state index contributed by atoms with van der Waals surface area (Å²) in [4.78, 5) is 12.7. The number of furan rings is 1. The van der Waals surface area contributed by atoms with Crippen LogP contribution in [0.2, 0.25) is 0 Å². The second-order valence-electron chi connectivity index (χ2n) is 7.30. The van der Waals surface area contributed by atoms with Crippen LogP contribution in [0.3, 0.4) is 0 Å². The first-order valence-electron chi connectivity index (χ1n) is 9.37. The zero-order valence-electron chi connectivity index (χ0n) is 16.9. The third-order valence-corrected chi connectivity index (χ3v) is 5.57. The molecular weight excluding hydrogens is 372 g/mol. The Labute approximate surface area is 169 Å². The highest BCUT2D eigenvalue weighted by Crippen LogP contribution is 2.32. The summed E-state index contributed by atoms with van der Waals surface area (Å²) in [5, 5.41) is 12.1. The minimum atomic E-state index is -0.0532. The van der Waals surface area contributed by atoms with E-state index < -0.39 is 0 Å². The van der Waals surface area contributed by atoms with Crippen LogP contribution in [0.25, 0.3) is 11.6 Å². The number of benzene rings is 1. The van der Waals surface area contributed by atoms with Crippen LogP contribution in [0.5, 0.6) is 0 Å². The Morgan fingerprint density at radius 2 is 1.79 bits per heavy atom. The lowest BCUT2D eigenvalue weighted by molar-refractivity contribution is -0.113. The maximum absolute atomic E-state index is 12.7. The van der Waals surface area contributed by atoms with Gasteiger partial charge in [0.25, 0.3) is 0 Å². The lowest BCUT2D eigenvalue weighted by Gasteiger charge is -2.20. The molecule has 0 unspecified atom stereocenters. The van der Waals surface area contributed by atoms with Gasteiger partial charge in [0.2, 0.25) is 5.91 Å². The summed E-state index contributed by atoms with van der Waals surface area (Å²) in [5.74, 6) is 2.16. The Morgan fingerprint density at radius 1 is 1.11 bits per heavy atom. The Kier molecular flexibility index (Phi) is 6.24. The summed E-state index contributed by atoms with van der Waals surface area (Å²) in [7, 11) is 1.86. The van der Waals surface area contributed by atoms with E-state index in [0.717, 1.165) is 16.8 Å². The Morgan fingerprint density at radius 3 is 2.36 bits per heavy atom. The summed E-state index contributed by atoms with van der Waals surface area (Å²) in [5.41, 5.74) is 3.25. The van der Waals surface area contributed by atoms with E-state index in [1.807, 2.05) is 23.7 Å². The Bertz CT molecular complexity index is 919. The molecule has 2 aromatic heterocycles. The van der Waals surface area contributed by atoms with E-state index in [4.69, 9.17) is 4.42 Å². The highest BCUT2D eigenvalue weighted by Gasteiger charge is 2.18. The molecule has 28 heavy (non-hydrogen) atoms. The number of thioether (sulfide) groups is 1. The minimum absolute atomic E-state index is 0.0532. The van der Waals surface area contributed by atoms with Crippen molar-refractivity contribution in [1.29, 1.82) is 0 Å². The molecule has 0 aliphatic heterocycles. The van der Waals surface area contributed by atoms with Crippen LogP contribution in [0.1, 0.15) is 50.7 Å². The van der Waals surface area contributed by atoms with E-state index in [-0.39, 0.29) is 11.7 Å². The molecule has 1 aromatic carbocycles. The van der Waals surface area contributed by atoms with Gasteiger partial charge in [-0.05, 0) is 35.1 Å². The summed E-state index contributed by atoms with van der Waals surface area (Å²) in [6, 6.07) is 9.87. The molecule has 0 spiro atoms. The minimum Gasteiger partial charge on any atom is -0.461 e. The van der Waals surface area contributed by atoms with Crippen LogP contribution in [-0.2, 0) is 11.8 Å². The molecule has 0 saturated heterocycles. The van der Waals surface area contributed by atoms with Crippen LogP contribution in [0.15, 0.2) is 46.2 Å². The molecule has 3 aromatic rings. The van der Waals surface area contributed by atoms with Crippen LogP contribution >= 0.6 is 11.8 Å². The van der Waals surface area contributed by atoms with Crippen molar-refractivity contribution in [3.8, 4) is 11.6 Å².